The Kier molecular flexibility index (Phi) is 5.63. The summed E-state index contributed by atoms with van der Waals surface area (Å²) in [5, 5.41) is 9.39. The van der Waals surface area contributed by atoms with Crippen molar-refractivity contribution in [2.45, 2.75) is 46.1 Å². The molecule has 1 fully saturated rings. The van der Waals surface area contributed by atoms with Gasteiger partial charge in [-0.1, -0.05) is 44.2 Å². The first kappa shape index (κ1) is 17.0. The highest BCUT2D eigenvalue weighted by Gasteiger charge is 2.40. The van der Waals surface area contributed by atoms with Crippen molar-refractivity contribution in [1.29, 1.82) is 0 Å². The first-order valence-electron chi connectivity index (χ1n) is 8.33. The fraction of sp³-hybridized carbons (Fsp3) is 0.632. The number of carboxylic acids is 1. The summed E-state index contributed by atoms with van der Waals surface area (Å²) in [6, 6.07) is 10.4. The third-order valence-electron chi connectivity index (χ3n) is 4.79. The molecule has 22 heavy (non-hydrogen) atoms. The predicted molar refractivity (Wildman–Crippen MR) is 89.6 cm³/mol. The average Bonchev–Trinajstić information content (AvgIpc) is 2.36. The van der Waals surface area contributed by atoms with Crippen LogP contribution in [0.3, 0.4) is 0 Å². The summed E-state index contributed by atoms with van der Waals surface area (Å²) >= 11 is 0. The molecule has 1 unspecified atom stereocenters. The van der Waals surface area contributed by atoms with Crippen molar-refractivity contribution in [2.24, 2.45) is 17.3 Å². The van der Waals surface area contributed by atoms with E-state index in [9.17, 15) is 9.90 Å². The van der Waals surface area contributed by atoms with E-state index in [0.29, 0.717) is 18.3 Å². The highest BCUT2D eigenvalue weighted by atomic mass is 16.4. The zero-order valence-electron chi connectivity index (χ0n) is 14.1. The second-order valence-corrected chi connectivity index (χ2v) is 7.58. The van der Waals surface area contributed by atoms with Gasteiger partial charge in [-0.05, 0) is 49.1 Å². The Balaban J connectivity index is 2.07. The van der Waals surface area contributed by atoms with Crippen LogP contribution in [0.25, 0.3) is 0 Å². The summed E-state index contributed by atoms with van der Waals surface area (Å²) in [4.78, 5) is 13.7. The molecule has 1 aliphatic rings. The predicted octanol–water partition coefficient (Wildman–Crippen LogP) is 4.04. The van der Waals surface area contributed by atoms with E-state index in [-0.39, 0.29) is 5.41 Å². The SMILES string of the molecule is C[C@@H]1C[C@H](C)CC(CC(=O)O)(CN(C)Cc2ccccc2)C1. The molecule has 3 atom stereocenters. The van der Waals surface area contributed by atoms with E-state index in [4.69, 9.17) is 0 Å². The fourth-order valence-electron chi connectivity index (χ4n) is 4.59. The standard InChI is InChI=1S/C19H29NO2/c1-15-9-16(2)11-19(10-15,12-18(21)22)14-20(3)13-17-7-5-4-6-8-17/h4-8,15-16H,9-14H2,1-3H3,(H,21,22)/t15-,16+,19?. The molecule has 0 amide bonds. The van der Waals surface area contributed by atoms with Crippen molar-refractivity contribution in [2.75, 3.05) is 13.6 Å². The molecule has 0 bridgehead atoms. The van der Waals surface area contributed by atoms with E-state index in [1.54, 1.807) is 0 Å². The third-order valence-corrected chi connectivity index (χ3v) is 4.79. The molecule has 1 aromatic carbocycles. The number of rotatable bonds is 6. The van der Waals surface area contributed by atoms with E-state index in [1.807, 2.05) is 6.07 Å². The first-order valence-corrected chi connectivity index (χ1v) is 8.33. The lowest BCUT2D eigenvalue weighted by atomic mass is 9.64. The van der Waals surface area contributed by atoms with Crippen LogP contribution in [0.5, 0.6) is 0 Å². The second kappa shape index (κ2) is 7.28. The van der Waals surface area contributed by atoms with E-state index in [0.717, 1.165) is 25.9 Å². The molecule has 3 nitrogen and oxygen atoms in total. The van der Waals surface area contributed by atoms with Crippen molar-refractivity contribution in [3.05, 3.63) is 35.9 Å². The molecule has 1 N–H and O–H groups in total. The summed E-state index contributed by atoms with van der Waals surface area (Å²) in [7, 11) is 2.11. The molecule has 122 valence electrons. The quantitative estimate of drug-likeness (QED) is 0.862. The molecule has 0 radical (unpaired) electrons. The number of nitrogens with zero attached hydrogens (tertiary/aromatic N) is 1. The molecule has 0 heterocycles. The van der Waals surface area contributed by atoms with Crippen LogP contribution in [0.15, 0.2) is 30.3 Å². The van der Waals surface area contributed by atoms with Crippen molar-refractivity contribution in [3.8, 4) is 0 Å². The van der Waals surface area contributed by atoms with Crippen LogP contribution in [-0.4, -0.2) is 29.6 Å². The van der Waals surface area contributed by atoms with Crippen LogP contribution in [-0.2, 0) is 11.3 Å². The van der Waals surface area contributed by atoms with Gasteiger partial charge in [0.15, 0.2) is 0 Å². The van der Waals surface area contributed by atoms with Crippen LogP contribution in [0, 0.1) is 17.3 Å². The van der Waals surface area contributed by atoms with Crippen LogP contribution < -0.4 is 0 Å². The fourth-order valence-corrected chi connectivity index (χ4v) is 4.59. The summed E-state index contributed by atoms with van der Waals surface area (Å²) in [6.07, 6.45) is 3.58. The highest BCUT2D eigenvalue weighted by molar-refractivity contribution is 5.67. The molecule has 2 rings (SSSR count). The number of carbonyl (C=O) groups is 1. The molecule has 0 spiro atoms. The van der Waals surface area contributed by atoms with Gasteiger partial charge < -0.3 is 10.0 Å². The van der Waals surface area contributed by atoms with Gasteiger partial charge in [0.1, 0.15) is 0 Å². The summed E-state index contributed by atoms with van der Waals surface area (Å²) in [5.41, 5.74) is 1.21. The molecular formula is C19H29NO2. The summed E-state index contributed by atoms with van der Waals surface area (Å²) in [6.45, 7) is 6.28. The number of aliphatic carboxylic acids is 1. The molecule has 1 aliphatic carbocycles. The van der Waals surface area contributed by atoms with Gasteiger partial charge in [-0.2, -0.15) is 0 Å². The van der Waals surface area contributed by atoms with Crippen molar-refractivity contribution >= 4 is 5.97 Å². The van der Waals surface area contributed by atoms with Gasteiger partial charge in [0, 0.05) is 13.1 Å². The Labute approximate surface area is 134 Å². The maximum atomic E-state index is 11.4. The number of hydrogen-bond donors (Lipinski definition) is 1. The third kappa shape index (κ3) is 4.84. The smallest absolute Gasteiger partial charge is 0.303 e. The number of hydrogen-bond acceptors (Lipinski definition) is 2. The maximum absolute atomic E-state index is 11.4. The highest BCUT2D eigenvalue weighted by Crippen LogP contribution is 2.45. The molecular weight excluding hydrogens is 274 g/mol. The van der Waals surface area contributed by atoms with Crippen LogP contribution >= 0.6 is 0 Å². The Morgan fingerprint density at radius 3 is 2.36 bits per heavy atom. The van der Waals surface area contributed by atoms with Gasteiger partial charge in [0.2, 0.25) is 0 Å². The number of benzene rings is 1. The van der Waals surface area contributed by atoms with Crippen molar-refractivity contribution < 1.29 is 9.90 Å². The molecule has 1 aromatic rings. The van der Waals surface area contributed by atoms with Crippen LogP contribution in [0.2, 0.25) is 0 Å². The molecule has 3 heteroatoms. The zero-order valence-corrected chi connectivity index (χ0v) is 14.1. The van der Waals surface area contributed by atoms with Gasteiger partial charge in [0.25, 0.3) is 0 Å². The van der Waals surface area contributed by atoms with Gasteiger partial charge in [-0.25, -0.2) is 0 Å². The Hall–Kier alpha value is -1.35. The Morgan fingerprint density at radius 2 is 1.82 bits per heavy atom. The lowest BCUT2D eigenvalue weighted by Gasteiger charge is -2.44. The largest absolute Gasteiger partial charge is 0.481 e. The van der Waals surface area contributed by atoms with E-state index >= 15 is 0 Å². The lowest BCUT2D eigenvalue weighted by molar-refractivity contribution is -0.141. The Bertz CT molecular complexity index is 475. The minimum absolute atomic E-state index is 0.0769. The second-order valence-electron chi connectivity index (χ2n) is 7.58. The monoisotopic (exact) mass is 303 g/mol. The van der Waals surface area contributed by atoms with Gasteiger partial charge >= 0.3 is 5.97 Å². The van der Waals surface area contributed by atoms with Crippen molar-refractivity contribution in [1.82, 2.24) is 4.90 Å². The maximum Gasteiger partial charge on any atom is 0.303 e. The van der Waals surface area contributed by atoms with Gasteiger partial charge in [-0.3, -0.25) is 4.79 Å². The lowest BCUT2D eigenvalue weighted by Crippen LogP contribution is -2.42. The van der Waals surface area contributed by atoms with Crippen LogP contribution in [0.1, 0.15) is 45.1 Å². The zero-order chi connectivity index (χ0) is 16.2. The first-order chi connectivity index (χ1) is 10.4. The topological polar surface area (TPSA) is 40.5 Å². The Morgan fingerprint density at radius 1 is 1.23 bits per heavy atom. The van der Waals surface area contributed by atoms with E-state index in [1.165, 1.54) is 12.0 Å². The van der Waals surface area contributed by atoms with Crippen LogP contribution in [0.4, 0.5) is 0 Å². The summed E-state index contributed by atoms with van der Waals surface area (Å²) < 4.78 is 0. The minimum atomic E-state index is -0.658. The molecule has 0 aliphatic heterocycles. The molecule has 0 aromatic heterocycles. The van der Waals surface area contributed by atoms with Gasteiger partial charge in [-0.15, -0.1) is 0 Å². The average molecular weight is 303 g/mol. The van der Waals surface area contributed by atoms with Gasteiger partial charge in [0.05, 0.1) is 6.42 Å². The molecule has 0 saturated heterocycles. The number of carboxylic acid groups (broad SMARTS) is 1. The summed E-state index contributed by atoms with van der Waals surface area (Å²) in [5.74, 6) is 0.580. The van der Waals surface area contributed by atoms with Crippen molar-refractivity contribution in [3.63, 3.8) is 0 Å². The van der Waals surface area contributed by atoms with E-state index < -0.39 is 5.97 Å². The minimum Gasteiger partial charge on any atom is -0.481 e. The molecule has 1 saturated carbocycles. The van der Waals surface area contributed by atoms with E-state index in [2.05, 4.69) is 50.1 Å². The normalized spacial score (nSPS) is 28.7.